The van der Waals surface area contributed by atoms with E-state index in [1.165, 1.54) is 23.8 Å². The Bertz CT molecular complexity index is 885. The quantitative estimate of drug-likeness (QED) is 0.657. The molecule has 2 aromatic carbocycles. The summed E-state index contributed by atoms with van der Waals surface area (Å²) in [5, 5.41) is 5.86. The predicted molar refractivity (Wildman–Crippen MR) is 102 cm³/mol. The molecular formula is C20H17ClFN3O. The number of hydrogen-bond acceptors (Lipinski definition) is 3. The Kier molecular flexibility index (Phi) is 5.81. The number of rotatable bonds is 6. The second-order valence-electron chi connectivity index (χ2n) is 5.68. The van der Waals surface area contributed by atoms with Crippen LogP contribution in [0, 0.1) is 5.82 Å². The number of pyridine rings is 1. The van der Waals surface area contributed by atoms with Crippen molar-refractivity contribution < 1.29 is 9.18 Å². The van der Waals surface area contributed by atoms with Crippen LogP contribution in [0.4, 0.5) is 15.8 Å². The van der Waals surface area contributed by atoms with E-state index in [4.69, 9.17) is 11.6 Å². The SMILES string of the molecule is O=C(Nc1ccc(F)c(Cl)c1)c1ccc(NCCc2ccccc2)cn1. The summed E-state index contributed by atoms with van der Waals surface area (Å²) in [6.07, 6.45) is 2.51. The number of amides is 1. The van der Waals surface area contributed by atoms with Crippen LogP contribution >= 0.6 is 11.6 Å². The van der Waals surface area contributed by atoms with Crippen molar-refractivity contribution in [3.8, 4) is 0 Å². The first kappa shape index (κ1) is 17.9. The second kappa shape index (κ2) is 8.45. The van der Waals surface area contributed by atoms with Crippen LogP contribution in [0.15, 0.2) is 66.9 Å². The Labute approximate surface area is 156 Å². The van der Waals surface area contributed by atoms with Crippen molar-refractivity contribution in [2.24, 2.45) is 0 Å². The van der Waals surface area contributed by atoms with Gasteiger partial charge in [0.1, 0.15) is 11.5 Å². The highest BCUT2D eigenvalue weighted by molar-refractivity contribution is 6.31. The van der Waals surface area contributed by atoms with Crippen LogP contribution < -0.4 is 10.6 Å². The molecule has 4 nitrogen and oxygen atoms in total. The van der Waals surface area contributed by atoms with Crippen LogP contribution in [-0.4, -0.2) is 17.4 Å². The molecule has 0 saturated carbocycles. The number of carbonyl (C=O) groups is 1. The molecule has 3 aromatic rings. The van der Waals surface area contributed by atoms with Gasteiger partial charge in [-0.15, -0.1) is 0 Å². The lowest BCUT2D eigenvalue weighted by Gasteiger charge is -2.08. The highest BCUT2D eigenvalue weighted by Gasteiger charge is 2.09. The average Bonchev–Trinajstić information content (AvgIpc) is 2.66. The maximum atomic E-state index is 13.1. The van der Waals surface area contributed by atoms with E-state index in [-0.39, 0.29) is 16.6 Å². The molecule has 6 heteroatoms. The monoisotopic (exact) mass is 369 g/mol. The lowest BCUT2D eigenvalue weighted by molar-refractivity contribution is 0.102. The van der Waals surface area contributed by atoms with Crippen LogP contribution in [0.2, 0.25) is 5.02 Å². The number of halogens is 2. The smallest absolute Gasteiger partial charge is 0.274 e. The Morgan fingerprint density at radius 1 is 1.04 bits per heavy atom. The highest BCUT2D eigenvalue weighted by Crippen LogP contribution is 2.20. The first-order chi connectivity index (χ1) is 12.6. The van der Waals surface area contributed by atoms with Crippen LogP contribution in [0.5, 0.6) is 0 Å². The Morgan fingerprint density at radius 3 is 2.50 bits per heavy atom. The third-order valence-electron chi connectivity index (χ3n) is 3.76. The first-order valence-corrected chi connectivity index (χ1v) is 8.50. The molecule has 0 aliphatic rings. The molecule has 0 aliphatic heterocycles. The molecular weight excluding hydrogens is 353 g/mol. The van der Waals surface area contributed by atoms with Gasteiger partial charge in [-0.25, -0.2) is 9.37 Å². The second-order valence-corrected chi connectivity index (χ2v) is 6.08. The predicted octanol–water partition coefficient (Wildman–Crippen LogP) is 4.78. The fourth-order valence-corrected chi connectivity index (χ4v) is 2.58. The summed E-state index contributed by atoms with van der Waals surface area (Å²) in [5.74, 6) is -0.919. The van der Waals surface area contributed by atoms with Gasteiger partial charge in [0.2, 0.25) is 0 Å². The molecule has 1 amide bonds. The van der Waals surface area contributed by atoms with E-state index < -0.39 is 5.82 Å². The topological polar surface area (TPSA) is 54.0 Å². The Morgan fingerprint density at radius 2 is 1.81 bits per heavy atom. The summed E-state index contributed by atoms with van der Waals surface area (Å²) in [6, 6.07) is 17.6. The van der Waals surface area contributed by atoms with Gasteiger partial charge in [-0.05, 0) is 42.3 Å². The summed E-state index contributed by atoms with van der Waals surface area (Å²) in [5.41, 5.74) is 2.76. The lowest BCUT2D eigenvalue weighted by atomic mass is 10.1. The molecule has 0 saturated heterocycles. The maximum absolute atomic E-state index is 13.1. The molecule has 26 heavy (non-hydrogen) atoms. The Hall–Kier alpha value is -2.92. The van der Waals surface area contributed by atoms with E-state index in [0.29, 0.717) is 5.69 Å². The largest absolute Gasteiger partial charge is 0.383 e. The number of aromatic nitrogens is 1. The normalized spacial score (nSPS) is 10.4. The standard InChI is InChI=1S/C20H17ClFN3O/c21-17-12-15(6-8-18(17)22)25-20(26)19-9-7-16(13-24-19)23-11-10-14-4-2-1-3-5-14/h1-9,12-13,23H,10-11H2,(H,25,26). The highest BCUT2D eigenvalue weighted by atomic mass is 35.5. The zero-order valence-electron chi connectivity index (χ0n) is 13.9. The molecule has 0 spiro atoms. The maximum Gasteiger partial charge on any atom is 0.274 e. The molecule has 0 bridgehead atoms. The van der Waals surface area contributed by atoms with Gasteiger partial charge in [0.05, 0.1) is 16.9 Å². The fraction of sp³-hybridized carbons (Fsp3) is 0.100. The molecule has 1 heterocycles. The number of nitrogens with one attached hydrogen (secondary N) is 2. The third kappa shape index (κ3) is 4.80. The number of anilines is 2. The van der Waals surface area contributed by atoms with Crippen LogP contribution in [0.25, 0.3) is 0 Å². The zero-order valence-corrected chi connectivity index (χ0v) is 14.6. The molecule has 2 N–H and O–H groups in total. The molecule has 0 fully saturated rings. The van der Waals surface area contributed by atoms with Crippen molar-refractivity contribution in [3.05, 3.63) is 89.0 Å². The van der Waals surface area contributed by atoms with Crippen LogP contribution in [0.3, 0.4) is 0 Å². The van der Waals surface area contributed by atoms with Crippen LogP contribution in [-0.2, 0) is 6.42 Å². The van der Waals surface area contributed by atoms with Crippen LogP contribution in [0.1, 0.15) is 16.1 Å². The van der Waals surface area contributed by atoms with Gasteiger partial charge in [0, 0.05) is 12.2 Å². The van der Waals surface area contributed by atoms with E-state index in [0.717, 1.165) is 18.7 Å². The van der Waals surface area contributed by atoms with Crippen molar-refractivity contribution in [1.82, 2.24) is 4.98 Å². The Balaban J connectivity index is 1.54. The van der Waals surface area contributed by atoms with Crippen molar-refractivity contribution in [2.75, 3.05) is 17.2 Å². The molecule has 0 atom stereocenters. The van der Waals surface area contributed by atoms with Gasteiger partial charge in [-0.1, -0.05) is 41.9 Å². The van der Waals surface area contributed by atoms with Crippen molar-refractivity contribution in [3.63, 3.8) is 0 Å². The molecule has 3 rings (SSSR count). The number of hydrogen-bond donors (Lipinski definition) is 2. The van der Waals surface area contributed by atoms with E-state index >= 15 is 0 Å². The first-order valence-electron chi connectivity index (χ1n) is 8.12. The number of nitrogens with zero attached hydrogens (tertiary/aromatic N) is 1. The summed E-state index contributed by atoms with van der Waals surface area (Å²) in [4.78, 5) is 16.3. The summed E-state index contributed by atoms with van der Waals surface area (Å²) in [6.45, 7) is 0.769. The molecule has 0 radical (unpaired) electrons. The van der Waals surface area contributed by atoms with E-state index in [2.05, 4.69) is 27.8 Å². The molecule has 0 unspecified atom stereocenters. The van der Waals surface area contributed by atoms with Gasteiger partial charge >= 0.3 is 0 Å². The van der Waals surface area contributed by atoms with Gasteiger partial charge in [-0.2, -0.15) is 0 Å². The minimum atomic E-state index is -0.534. The summed E-state index contributed by atoms with van der Waals surface area (Å²) < 4.78 is 13.1. The van der Waals surface area contributed by atoms with Gasteiger partial charge in [0.15, 0.2) is 0 Å². The molecule has 1 aromatic heterocycles. The number of carbonyl (C=O) groups excluding carboxylic acids is 1. The minimum Gasteiger partial charge on any atom is -0.383 e. The van der Waals surface area contributed by atoms with Gasteiger partial charge in [0.25, 0.3) is 5.91 Å². The summed E-state index contributed by atoms with van der Waals surface area (Å²) >= 11 is 5.71. The van der Waals surface area contributed by atoms with Crippen molar-refractivity contribution in [2.45, 2.75) is 6.42 Å². The van der Waals surface area contributed by atoms with Crippen molar-refractivity contribution >= 4 is 28.9 Å². The average molecular weight is 370 g/mol. The molecule has 132 valence electrons. The van der Waals surface area contributed by atoms with Gasteiger partial charge < -0.3 is 10.6 Å². The lowest BCUT2D eigenvalue weighted by Crippen LogP contribution is -2.14. The minimum absolute atomic E-state index is 0.0475. The van der Waals surface area contributed by atoms with E-state index in [1.807, 2.05) is 18.2 Å². The van der Waals surface area contributed by atoms with E-state index in [1.54, 1.807) is 18.3 Å². The number of benzene rings is 2. The van der Waals surface area contributed by atoms with Crippen molar-refractivity contribution in [1.29, 1.82) is 0 Å². The molecule has 0 aliphatic carbocycles. The summed E-state index contributed by atoms with van der Waals surface area (Å²) in [7, 11) is 0. The fourth-order valence-electron chi connectivity index (χ4n) is 2.40. The third-order valence-corrected chi connectivity index (χ3v) is 4.05. The van der Waals surface area contributed by atoms with E-state index in [9.17, 15) is 9.18 Å². The zero-order chi connectivity index (χ0) is 18.4. The van der Waals surface area contributed by atoms with Gasteiger partial charge in [-0.3, -0.25) is 4.79 Å².